The lowest BCUT2D eigenvalue weighted by Gasteiger charge is -2.09. The first-order chi connectivity index (χ1) is 8.15. The zero-order valence-corrected chi connectivity index (χ0v) is 11.5. The fraction of sp³-hybridized carbons (Fsp3) is 0.308. The highest BCUT2D eigenvalue weighted by Gasteiger charge is 2.25. The standard InChI is InChI=1S/C13H14BrN3/c1-9-4-3-5-10(6-9)17-12-8-16(2)7-11(12)13(14)15-17/h3-6H,7-8H2,1-2H3. The number of hydrogen-bond acceptors (Lipinski definition) is 2. The number of halogens is 1. The van der Waals surface area contributed by atoms with Gasteiger partial charge >= 0.3 is 0 Å². The zero-order valence-electron chi connectivity index (χ0n) is 9.94. The van der Waals surface area contributed by atoms with Crippen molar-refractivity contribution >= 4 is 15.9 Å². The molecule has 0 radical (unpaired) electrons. The van der Waals surface area contributed by atoms with Gasteiger partial charge in [0, 0.05) is 18.7 Å². The van der Waals surface area contributed by atoms with Crippen LogP contribution in [-0.4, -0.2) is 21.7 Å². The number of aromatic nitrogens is 2. The Kier molecular flexibility index (Phi) is 2.56. The SMILES string of the molecule is Cc1cccc(-n2nc(Br)c3c2CN(C)C3)c1. The van der Waals surface area contributed by atoms with Crippen LogP contribution in [0.1, 0.15) is 16.8 Å². The third kappa shape index (κ3) is 1.81. The van der Waals surface area contributed by atoms with E-state index in [9.17, 15) is 0 Å². The lowest BCUT2D eigenvalue weighted by atomic mass is 10.2. The summed E-state index contributed by atoms with van der Waals surface area (Å²) in [7, 11) is 2.13. The first-order valence-electron chi connectivity index (χ1n) is 5.67. The monoisotopic (exact) mass is 291 g/mol. The Bertz CT molecular complexity index is 574. The molecule has 3 rings (SSSR count). The van der Waals surface area contributed by atoms with Crippen molar-refractivity contribution in [1.29, 1.82) is 0 Å². The summed E-state index contributed by atoms with van der Waals surface area (Å²) < 4.78 is 3.02. The maximum atomic E-state index is 4.58. The molecule has 0 aliphatic carbocycles. The molecular formula is C13H14BrN3. The zero-order chi connectivity index (χ0) is 12.0. The highest BCUT2D eigenvalue weighted by Crippen LogP contribution is 2.30. The third-order valence-electron chi connectivity index (χ3n) is 3.13. The summed E-state index contributed by atoms with van der Waals surface area (Å²) in [6, 6.07) is 8.45. The van der Waals surface area contributed by atoms with E-state index in [0.29, 0.717) is 0 Å². The molecule has 1 aliphatic heterocycles. The number of benzene rings is 1. The van der Waals surface area contributed by atoms with Crippen molar-refractivity contribution in [1.82, 2.24) is 14.7 Å². The number of nitrogens with zero attached hydrogens (tertiary/aromatic N) is 3. The Hall–Kier alpha value is -1.13. The van der Waals surface area contributed by atoms with Crippen molar-refractivity contribution in [2.24, 2.45) is 0 Å². The van der Waals surface area contributed by atoms with Gasteiger partial charge in [-0.15, -0.1) is 0 Å². The summed E-state index contributed by atoms with van der Waals surface area (Å²) in [6.45, 7) is 4.04. The van der Waals surface area contributed by atoms with E-state index < -0.39 is 0 Å². The van der Waals surface area contributed by atoms with E-state index >= 15 is 0 Å². The molecule has 0 unspecified atom stereocenters. The summed E-state index contributed by atoms with van der Waals surface area (Å²) in [5.41, 5.74) is 5.01. The molecule has 4 heteroatoms. The first-order valence-corrected chi connectivity index (χ1v) is 6.46. The van der Waals surface area contributed by atoms with Crippen molar-refractivity contribution in [3.05, 3.63) is 45.7 Å². The van der Waals surface area contributed by atoms with Crippen LogP contribution >= 0.6 is 15.9 Å². The molecule has 0 bridgehead atoms. The molecule has 1 aromatic heterocycles. The molecule has 2 aromatic rings. The predicted molar refractivity (Wildman–Crippen MR) is 71.2 cm³/mol. The van der Waals surface area contributed by atoms with Gasteiger partial charge in [0.2, 0.25) is 0 Å². The van der Waals surface area contributed by atoms with Gasteiger partial charge in [-0.2, -0.15) is 5.10 Å². The van der Waals surface area contributed by atoms with Crippen LogP contribution in [0.2, 0.25) is 0 Å². The number of rotatable bonds is 1. The van der Waals surface area contributed by atoms with Gasteiger partial charge in [-0.05, 0) is 47.6 Å². The van der Waals surface area contributed by atoms with Gasteiger partial charge in [-0.1, -0.05) is 12.1 Å². The topological polar surface area (TPSA) is 21.1 Å². The highest BCUT2D eigenvalue weighted by molar-refractivity contribution is 9.10. The minimum atomic E-state index is 0.960. The van der Waals surface area contributed by atoms with Crippen LogP contribution in [0, 0.1) is 6.92 Å². The van der Waals surface area contributed by atoms with Crippen molar-refractivity contribution in [3.8, 4) is 5.69 Å². The Morgan fingerprint density at radius 1 is 1.29 bits per heavy atom. The molecule has 0 saturated heterocycles. The Morgan fingerprint density at radius 3 is 2.88 bits per heavy atom. The van der Waals surface area contributed by atoms with E-state index in [1.54, 1.807) is 0 Å². The second kappa shape index (κ2) is 3.96. The number of hydrogen-bond donors (Lipinski definition) is 0. The number of aryl methyl sites for hydroxylation is 1. The largest absolute Gasteiger partial charge is 0.296 e. The highest BCUT2D eigenvalue weighted by atomic mass is 79.9. The third-order valence-corrected chi connectivity index (χ3v) is 3.77. The molecule has 0 spiro atoms. The van der Waals surface area contributed by atoms with Crippen molar-refractivity contribution in [3.63, 3.8) is 0 Å². The van der Waals surface area contributed by atoms with E-state index in [1.807, 2.05) is 0 Å². The van der Waals surface area contributed by atoms with Gasteiger partial charge in [0.15, 0.2) is 0 Å². The summed E-state index contributed by atoms with van der Waals surface area (Å²) in [5.74, 6) is 0. The average molecular weight is 292 g/mol. The van der Waals surface area contributed by atoms with E-state index in [0.717, 1.165) is 23.4 Å². The van der Waals surface area contributed by atoms with Gasteiger partial charge in [-0.3, -0.25) is 4.90 Å². The van der Waals surface area contributed by atoms with E-state index in [4.69, 9.17) is 0 Å². The average Bonchev–Trinajstić information content (AvgIpc) is 2.79. The maximum absolute atomic E-state index is 4.58. The summed E-state index contributed by atoms with van der Waals surface area (Å²) in [4.78, 5) is 2.30. The van der Waals surface area contributed by atoms with Gasteiger partial charge in [0.05, 0.1) is 11.4 Å². The molecule has 3 nitrogen and oxygen atoms in total. The molecule has 1 aromatic carbocycles. The van der Waals surface area contributed by atoms with Crippen LogP contribution in [0.5, 0.6) is 0 Å². The molecule has 88 valence electrons. The second-order valence-corrected chi connectivity index (χ2v) is 5.39. The second-order valence-electron chi connectivity index (χ2n) is 4.64. The minimum absolute atomic E-state index is 0.960. The Balaban J connectivity index is 2.14. The molecule has 17 heavy (non-hydrogen) atoms. The molecule has 1 aliphatic rings. The normalized spacial score (nSPS) is 15.2. The van der Waals surface area contributed by atoms with Crippen LogP contribution in [-0.2, 0) is 13.1 Å². The minimum Gasteiger partial charge on any atom is -0.296 e. The first kappa shape index (κ1) is 11.0. The lowest BCUT2D eigenvalue weighted by molar-refractivity contribution is 0.345. The molecule has 2 heterocycles. The van der Waals surface area contributed by atoms with Crippen molar-refractivity contribution < 1.29 is 0 Å². The Morgan fingerprint density at radius 2 is 2.12 bits per heavy atom. The van der Waals surface area contributed by atoms with Gasteiger partial charge < -0.3 is 0 Å². The lowest BCUT2D eigenvalue weighted by Crippen LogP contribution is -2.11. The summed E-state index contributed by atoms with van der Waals surface area (Å²) in [6.07, 6.45) is 0. The Labute approximate surface area is 109 Å². The van der Waals surface area contributed by atoms with Crippen molar-refractivity contribution in [2.45, 2.75) is 20.0 Å². The molecular weight excluding hydrogens is 278 g/mol. The van der Waals surface area contributed by atoms with E-state index in [1.165, 1.54) is 16.8 Å². The van der Waals surface area contributed by atoms with E-state index in [-0.39, 0.29) is 0 Å². The van der Waals surface area contributed by atoms with Crippen molar-refractivity contribution in [2.75, 3.05) is 7.05 Å². The van der Waals surface area contributed by atoms with Crippen LogP contribution < -0.4 is 0 Å². The molecule has 0 saturated carbocycles. The quantitative estimate of drug-likeness (QED) is 0.806. The van der Waals surface area contributed by atoms with Crippen LogP contribution in [0.15, 0.2) is 28.9 Å². The van der Waals surface area contributed by atoms with E-state index in [2.05, 4.69) is 68.8 Å². The molecule has 0 fully saturated rings. The molecule has 0 atom stereocenters. The maximum Gasteiger partial charge on any atom is 0.133 e. The van der Waals surface area contributed by atoms with Gasteiger partial charge in [-0.25, -0.2) is 4.68 Å². The van der Waals surface area contributed by atoms with Crippen LogP contribution in [0.25, 0.3) is 5.69 Å². The van der Waals surface area contributed by atoms with Gasteiger partial charge in [0.25, 0.3) is 0 Å². The van der Waals surface area contributed by atoms with Crippen LogP contribution in [0.3, 0.4) is 0 Å². The van der Waals surface area contributed by atoms with Crippen LogP contribution in [0.4, 0.5) is 0 Å². The number of fused-ring (bicyclic) bond motifs is 1. The molecule has 0 amide bonds. The fourth-order valence-electron chi connectivity index (χ4n) is 2.33. The summed E-state index contributed by atoms with van der Waals surface area (Å²) in [5, 5.41) is 4.58. The fourth-order valence-corrected chi connectivity index (χ4v) is 2.84. The molecule has 0 N–H and O–H groups in total. The smallest absolute Gasteiger partial charge is 0.133 e. The van der Waals surface area contributed by atoms with Gasteiger partial charge in [0.1, 0.15) is 4.60 Å². The summed E-state index contributed by atoms with van der Waals surface area (Å²) >= 11 is 3.55. The predicted octanol–water partition coefficient (Wildman–Crippen LogP) is 2.89.